The summed E-state index contributed by atoms with van der Waals surface area (Å²) in [4.78, 5) is 0. The lowest BCUT2D eigenvalue weighted by molar-refractivity contribution is 0.178. The number of methoxy groups -OCH3 is 1. The van der Waals surface area contributed by atoms with Crippen molar-refractivity contribution in [2.45, 2.75) is 19.9 Å². The number of fused-ring (bicyclic) bond motifs is 1. The third-order valence-electron chi connectivity index (χ3n) is 3.18. The Bertz CT molecular complexity index is 749. The molecule has 0 saturated heterocycles. The number of furan rings is 1. The SMILES string of the molecule is COC[C@H](Nc1ccc2nnc(C)n2n1)c1ccc(C)o1. The molecule has 3 aromatic rings. The largest absolute Gasteiger partial charge is 0.464 e. The van der Waals surface area contributed by atoms with E-state index >= 15 is 0 Å². The predicted molar refractivity (Wildman–Crippen MR) is 77.2 cm³/mol. The zero-order valence-corrected chi connectivity index (χ0v) is 12.2. The fraction of sp³-hybridized carbons (Fsp3) is 0.357. The summed E-state index contributed by atoms with van der Waals surface area (Å²) in [5.74, 6) is 3.13. The third kappa shape index (κ3) is 2.73. The maximum Gasteiger partial charge on any atom is 0.178 e. The van der Waals surface area contributed by atoms with Gasteiger partial charge in [-0.05, 0) is 38.1 Å². The highest BCUT2D eigenvalue weighted by atomic mass is 16.5. The van der Waals surface area contributed by atoms with E-state index in [9.17, 15) is 0 Å². The third-order valence-corrected chi connectivity index (χ3v) is 3.18. The van der Waals surface area contributed by atoms with E-state index in [2.05, 4.69) is 20.6 Å². The van der Waals surface area contributed by atoms with Crippen molar-refractivity contribution in [2.24, 2.45) is 0 Å². The van der Waals surface area contributed by atoms with Gasteiger partial charge in [-0.25, -0.2) is 0 Å². The molecule has 0 unspecified atom stereocenters. The smallest absolute Gasteiger partial charge is 0.178 e. The molecule has 0 aromatic carbocycles. The van der Waals surface area contributed by atoms with Crippen molar-refractivity contribution in [1.29, 1.82) is 0 Å². The van der Waals surface area contributed by atoms with E-state index in [1.165, 1.54) is 0 Å². The van der Waals surface area contributed by atoms with Crippen LogP contribution in [0.1, 0.15) is 23.4 Å². The Labute approximate surface area is 121 Å². The van der Waals surface area contributed by atoms with Crippen molar-refractivity contribution in [3.63, 3.8) is 0 Å². The first-order chi connectivity index (χ1) is 10.2. The van der Waals surface area contributed by atoms with Gasteiger partial charge in [0, 0.05) is 7.11 Å². The van der Waals surface area contributed by atoms with Crippen LogP contribution < -0.4 is 5.32 Å². The molecule has 7 heteroatoms. The lowest BCUT2D eigenvalue weighted by atomic mass is 10.2. The first-order valence-corrected chi connectivity index (χ1v) is 6.68. The van der Waals surface area contributed by atoms with Crippen molar-refractivity contribution >= 4 is 11.5 Å². The van der Waals surface area contributed by atoms with Gasteiger partial charge in [0.2, 0.25) is 0 Å². The van der Waals surface area contributed by atoms with Crippen LogP contribution in [0.2, 0.25) is 0 Å². The van der Waals surface area contributed by atoms with Crippen LogP contribution in [0.25, 0.3) is 5.65 Å². The molecule has 3 aromatic heterocycles. The average molecular weight is 287 g/mol. The van der Waals surface area contributed by atoms with Gasteiger partial charge in [-0.1, -0.05) is 0 Å². The number of ether oxygens (including phenoxy) is 1. The molecular weight excluding hydrogens is 270 g/mol. The standard InChI is InChI=1S/C14H17N5O2/c1-9-4-5-12(21-9)11(8-20-3)15-13-6-7-14-17-16-10(2)19(14)18-13/h4-7,11H,8H2,1-3H3,(H,15,18)/t11-/m0/s1. The second-order valence-electron chi connectivity index (χ2n) is 4.84. The van der Waals surface area contributed by atoms with Gasteiger partial charge >= 0.3 is 0 Å². The van der Waals surface area contributed by atoms with Crippen LogP contribution in [0, 0.1) is 13.8 Å². The predicted octanol–water partition coefficient (Wildman–Crippen LogP) is 2.13. The first-order valence-electron chi connectivity index (χ1n) is 6.68. The van der Waals surface area contributed by atoms with Gasteiger partial charge in [0.15, 0.2) is 11.5 Å². The molecule has 0 spiro atoms. The topological polar surface area (TPSA) is 77.5 Å². The number of rotatable bonds is 5. The van der Waals surface area contributed by atoms with Gasteiger partial charge in [-0.2, -0.15) is 4.52 Å². The highest BCUT2D eigenvalue weighted by Gasteiger charge is 2.16. The number of aryl methyl sites for hydroxylation is 2. The summed E-state index contributed by atoms with van der Waals surface area (Å²) in [5, 5.41) is 15.8. The lowest BCUT2D eigenvalue weighted by Crippen LogP contribution is -2.17. The van der Waals surface area contributed by atoms with Crippen LogP contribution >= 0.6 is 0 Å². The molecule has 21 heavy (non-hydrogen) atoms. The quantitative estimate of drug-likeness (QED) is 0.774. The van der Waals surface area contributed by atoms with Crippen LogP contribution in [-0.4, -0.2) is 33.5 Å². The fourth-order valence-corrected chi connectivity index (χ4v) is 2.15. The molecule has 1 atom stereocenters. The van der Waals surface area contributed by atoms with Crippen molar-refractivity contribution in [3.8, 4) is 0 Å². The summed E-state index contributed by atoms with van der Waals surface area (Å²) in [6.45, 7) is 4.26. The molecular formula is C14H17N5O2. The summed E-state index contributed by atoms with van der Waals surface area (Å²) >= 11 is 0. The van der Waals surface area contributed by atoms with Crippen LogP contribution in [-0.2, 0) is 4.74 Å². The van der Waals surface area contributed by atoms with Gasteiger partial charge in [-0.15, -0.1) is 15.3 Å². The van der Waals surface area contributed by atoms with Crippen LogP contribution in [0.3, 0.4) is 0 Å². The van der Waals surface area contributed by atoms with E-state index in [1.807, 2.05) is 38.1 Å². The van der Waals surface area contributed by atoms with Crippen LogP contribution in [0.4, 0.5) is 5.82 Å². The molecule has 1 N–H and O–H groups in total. The molecule has 0 fully saturated rings. The molecule has 7 nitrogen and oxygen atoms in total. The van der Waals surface area contributed by atoms with E-state index in [4.69, 9.17) is 9.15 Å². The molecule has 110 valence electrons. The Morgan fingerprint density at radius 1 is 1.24 bits per heavy atom. The maximum absolute atomic E-state index is 5.66. The second kappa shape index (κ2) is 5.53. The van der Waals surface area contributed by atoms with Gasteiger partial charge < -0.3 is 14.5 Å². The molecule has 0 aliphatic heterocycles. The maximum atomic E-state index is 5.66. The van der Waals surface area contributed by atoms with Crippen molar-refractivity contribution in [1.82, 2.24) is 19.8 Å². The number of nitrogens with zero attached hydrogens (tertiary/aromatic N) is 4. The summed E-state index contributed by atoms with van der Waals surface area (Å²) in [7, 11) is 1.66. The summed E-state index contributed by atoms with van der Waals surface area (Å²) in [5.41, 5.74) is 0.718. The van der Waals surface area contributed by atoms with E-state index in [-0.39, 0.29) is 6.04 Å². The van der Waals surface area contributed by atoms with Crippen molar-refractivity contribution < 1.29 is 9.15 Å². The van der Waals surface area contributed by atoms with Gasteiger partial charge in [0.1, 0.15) is 23.4 Å². The Morgan fingerprint density at radius 2 is 2.10 bits per heavy atom. The molecule has 0 aliphatic rings. The average Bonchev–Trinajstić information content (AvgIpc) is 3.06. The van der Waals surface area contributed by atoms with Gasteiger partial charge in [-0.3, -0.25) is 0 Å². The monoisotopic (exact) mass is 287 g/mol. The Balaban J connectivity index is 1.88. The Morgan fingerprint density at radius 3 is 2.81 bits per heavy atom. The molecule has 3 rings (SSSR count). The molecule has 0 saturated carbocycles. The van der Waals surface area contributed by atoms with E-state index in [0.717, 1.165) is 23.0 Å². The van der Waals surface area contributed by atoms with Gasteiger partial charge in [0.05, 0.1) is 6.61 Å². The zero-order chi connectivity index (χ0) is 14.8. The minimum Gasteiger partial charge on any atom is -0.464 e. The van der Waals surface area contributed by atoms with Crippen LogP contribution in [0.15, 0.2) is 28.7 Å². The summed E-state index contributed by atoms with van der Waals surface area (Å²) in [6, 6.07) is 7.49. The molecule has 0 bridgehead atoms. The van der Waals surface area contributed by atoms with E-state index in [0.29, 0.717) is 12.4 Å². The first kappa shape index (κ1) is 13.6. The Hall–Kier alpha value is -2.41. The fourth-order valence-electron chi connectivity index (χ4n) is 2.15. The molecule has 0 amide bonds. The number of anilines is 1. The Kier molecular flexibility index (Phi) is 3.57. The summed E-state index contributed by atoms with van der Waals surface area (Å²) < 4.78 is 12.6. The summed E-state index contributed by atoms with van der Waals surface area (Å²) in [6.07, 6.45) is 0. The van der Waals surface area contributed by atoms with E-state index in [1.54, 1.807) is 11.6 Å². The zero-order valence-electron chi connectivity index (χ0n) is 12.2. The molecule has 0 aliphatic carbocycles. The number of hydrogen-bond acceptors (Lipinski definition) is 6. The second-order valence-corrected chi connectivity index (χ2v) is 4.84. The highest BCUT2D eigenvalue weighted by molar-refractivity contribution is 5.44. The number of aromatic nitrogens is 4. The number of hydrogen-bond donors (Lipinski definition) is 1. The highest BCUT2D eigenvalue weighted by Crippen LogP contribution is 2.21. The minimum atomic E-state index is -0.106. The van der Waals surface area contributed by atoms with Crippen LogP contribution in [0.5, 0.6) is 0 Å². The van der Waals surface area contributed by atoms with Crippen molar-refractivity contribution in [2.75, 3.05) is 19.0 Å². The number of nitrogens with one attached hydrogen (secondary N) is 1. The normalized spacial score (nSPS) is 12.7. The molecule has 0 radical (unpaired) electrons. The molecule has 3 heterocycles. The van der Waals surface area contributed by atoms with Crippen molar-refractivity contribution in [3.05, 3.63) is 41.6 Å². The van der Waals surface area contributed by atoms with E-state index < -0.39 is 0 Å². The minimum absolute atomic E-state index is 0.106. The lowest BCUT2D eigenvalue weighted by Gasteiger charge is -2.16. The van der Waals surface area contributed by atoms with Gasteiger partial charge in [0.25, 0.3) is 0 Å².